The number of carbonyl (C=O) groups is 1. The molecular weight excluding hydrogens is 539 g/mol. The van der Waals surface area contributed by atoms with Crippen LogP contribution in [0.15, 0.2) is 12.1 Å². The van der Waals surface area contributed by atoms with Gasteiger partial charge in [0.15, 0.2) is 5.69 Å². The maximum Gasteiger partial charge on any atom is 0.394 e. The quantitative estimate of drug-likeness (QED) is 0.265. The molecule has 0 saturated heterocycles. The predicted molar refractivity (Wildman–Crippen MR) is 133 cm³/mol. The Bertz CT molecular complexity index is 1100. The Morgan fingerprint density at radius 3 is 2.46 bits per heavy atom. The van der Waals surface area contributed by atoms with Crippen molar-refractivity contribution in [3.63, 3.8) is 0 Å². The number of amides is 1. The number of aromatic nitrogens is 3. The van der Waals surface area contributed by atoms with E-state index >= 15 is 0 Å². The van der Waals surface area contributed by atoms with E-state index in [2.05, 4.69) is 32.8 Å². The van der Waals surface area contributed by atoms with Gasteiger partial charge in [0.25, 0.3) is 5.91 Å². The number of carbonyl (C=O) groups excluding carboxylic acids is 1. The summed E-state index contributed by atoms with van der Waals surface area (Å²) in [4.78, 5) is 16.8. The molecular formula is C24H30ClF5N4O2S. The average molecular weight is 569 g/mol. The van der Waals surface area contributed by atoms with Gasteiger partial charge < -0.3 is 10.1 Å². The summed E-state index contributed by atoms with van der Waals surface area (Å²) >= 11 is 11.0. The Morgan fingerprint density at radius 2 is 1.89 bits per heavy atom. The number of nitrogens with zero attached hydrogens (tertiary/aromatic N) is 3. The van der Waals surface area contributed by atoms with E-state index in [0.717, 1.165) is 39.5 Å². The Labute approximate surface area is 222 Å². The number of rotatable bonds is 9. The summed E-state index contributed by atoms with van der Waals surface area (Å²) in [7, 11) is 0. The van der Waals surface area contributed by atoms with E-state index in [1.807, 2.05) is 0 Å². The number of nitrogens with one attached hydrogen (secondary N) is 1. The maximum atomic E-state index is 13.4. The number of halogens is 6. The van der Waals surface area contributed by atoms with Crippen LogP contribution in [-0.4, -0.2) is 45.3 Å². The molecule has 2 aromatic rings. The SMILES string of the molecule is CCn1nc(C(=O)NCC2CCC(S)CC2)c(Cl)c1-c1ccc(CC(C)(C)C(F)(F)F)nc1OC(F)F. The largest absolute Gasteiger partial charge is 0.416 e. The molecule has 0 atom stereocenters. The molecule has 1 saturated carbocycles. The standard InChI is InChI=1S/C24H30ClF5N4O2S/c1-4-34-19(17(25)18(33-34)20(35)31-12-13-5-8-15(37)9-6-13)16-10-7-14(32-21(16)36-22(26)27)11-23(2,3)24(28,29)30/h7,10,13,15,22,37H,4-6,8-9,11-12H2,1-3H3,(H,31,35). The van der Waals surface area contributed by atoms with Crippen LogP contribution in [0, 0.1) is 11.3 Å². The van der Waals surface area contributed by atoms with Gasteiger partial charge in [0, 0.05) is 30.5 Å². The molecule has 37 heavy (non-hydrogen) atoms. The van der Waals surface area contributed by atoms with Crippen molar-refractivity contribution in [2.75, 3.05) is 6.54 Å². The summed E-state index contributed by atoms with van der Waals surface area (Å²) < 4.78 is 72.4. The lowest BCUT2D eigenvalue weighted by molar-refractivity contribution is -0.211. The van der Waals surface area contributed by atoms with E-state index in [1.165, 1.54) is 16.8 Å². The normalized spacial score (nSPS) is 18.8. The van der Waals surface area contributed by atoms with Crippen LogP contribution >= 0.6 is 24.2 Å². The first-order valence-electron chi connectivity index (χ1n) is 12.0. The van der Waals surface area contributed by atoms with E-state index in [1.54, 1.807) is 6.92 Å². The predicted octanol–water partition coefficient (Wildman–Crippen LogP) is 6.57. The first-order chi connectivity index (χ1) is 17.2. The zero-order chi connectivity index (χ0) is 27.5. The number of pyridine rings is 1. The van der Waals surface area contributed by atoms with Crippen molar-refractivity contribution in [1.82, 2.24) is 20.1 Å². The molecule has 1 N–H and O–H groups in total. The third-order valence-electron chi connectivity index (χ3n) is 6.54. The minimum atomic E-state index is -4.53. The molecule has 3 rings (SSSR count). The van der Waals surface area contributed by atoms with Gasteiger partial charge in [-0.2, -0.15) is 39.7 Å². The summed E-state index contributed by atoms with van der Waals surface area (Å²) in [5.41, 5.74) is -2.24. The van der Waals surface area contributed by atoms with Crippen molar-refractivity contribution in [2.24, 2.45) is 11.3 Å². The highest BCUT2D eigenvalue weighted by molar-refractivity contribution is 7.80. The summed E-state index contributed by atoms with van der Waals surface area (Å²) in [5, 5.41) is 7.37. The van der Waals surface area contributed by atoms with Gasteiger partial charge in [-0.15, -0.1) is 0 Å². The van der Waals surface area contributed by atoms with Crippen molar-refractivity contribution in [3.05, 3.63) is 28.5 Å². The van der Waals surface area contributed by atoms with Crippen LogP contribution in [0.3, 0.4) is 0 Å². The minimum Gasteiger partial charge on any atom is -0.416 e. The van der Waals surface area contributed by atoms with Gasteiger partial charge in [-0.05, 0) is 50.7 Å². The lowest BCUT2D eigenvalue weighted by atomic mass is 9.87. The fourth-order valence-electron chi connectivity index (χ4n) is 4.23. The van der Waals surface area contributed by atoms with Crippen LogP contribution in [0.2, 0.25) is 5.02 Å². The molecule has 6 nitrogen and oxygen atoms in total. The molecule has 1 amide bonds. The summed E-state index contributed by atoms with van der Waals surface area (Å²) in [6.07, 6.45) is -1.28. The molecule has 0 radical (unpaired) electrons. The topological polar surface area (TPSA) is 69.0 Å². The van der Waals surface area contributed by atoms with Crippen molar-refractivity contribution < 1.29 is 31.5 Å². The highest BCUT2D eigenvalue weighted by Crippen LogP contribution is 2.42. The van der Waals surface area contributed by atoms with Gasteiger partial charge in [0.05, 0.1) is 21.7 Å². The van der Waals surface area contributed by atoms with E-state index < -0.39 is 36.4 Å². The van der Waals surface area contributed by atoms with Crippen LogP contribution in [0.4, 0.5) is 22.0 Å². The molecule has 0 spiro atoms. The summed E-state index contributed by atoms with van der Waals surface area (Å²) in [6.45, 7) is 1.08. The second kappa shape index (κ2) is 11.8. The van der Waals surface area contributed by atoms with Crippen LogP contribution in [0.5, 0.6) is 5.88 Å². The highest BCUT2D eigenvalue weighted by Gasteiger charge is 2.47. The van der Waals surface area contributed by atoms with Crippen LogP contribution in [0.1, 0.15) is 62.6 Å². The number of hydrogen-bond donors (Lipinski definition) is 2. The first-order valence-corrected chi connectivity index (χ1v) is 12.9. The maximum absolute atomic E-state index is 13.4. The highest BCUT2D eigenvalue weighted by atomic mass is 35.5. The minimum absolute atomic E-state index is 0.0145. The van der Waals surface area contributed by atoms with Gasteiger partial charge in [0.1, 0.15) is 0 Å². The lowest BCUT2D eigenvalue weighted by Crippen LogP contribution is -2.34. The molecule has 2 heterocycles. The number of alkyl halides is 5. The number of ether oxygens (including phenoxy) is 1. The fourth-order valence-corrected chi connectivity index (χ4v) is 4.85. The van der Waals surface area contributed by atoms with E-state index in [4.69, 9.17) is 11.6 Å². The van der Waals surface area contributed by atoms with E-state index in [-0.39, 0.29) is 34.2 Å². The van der Waals surface area contributed by atoms with E-state index in [9.17, 15) is 26.7 Å². The second-order valence-electron chi connectivity index (χ2n) is 9.80. The smallest absolute Gasteiger partial charge is 0.394 e. The summed E-state index contributed by atoms with van der Waals surface area (Å²) in [5.74, 6) is -0.806. The number of aryl methyl sites for hydroxylation is 1. The fraction of sp³-hybridized carbons (Fsp3) is 0.625. The molecule has 13 heteroatoms. The summed E-state index contributed by atoms with van der Waals surface area (Å²) in [6, 6.07) is 2.60. The zero-order valence-corrected chi connectivity index (χ0v) is 22.4. The third-order valence-corrected chi connectivity index (χ3v) is 7.42. The molecule has 206 valence electrons. The number of hydrogen-bond acceptors (Lipinski definition) is 5. The average Bonchev–Trinajstić information content (AvgIpc) is 3.13. The van der Waals surface area contributed by atoms with E-state index in [0.29, 0.717) is 17.7 Å². The molecule has 2 aromatic heterocycles. The Hall–Kier alpha value is -2.08. The third kappa shape index (κ3) is 7.07. The molecule has 1 aliphatic carbocycles. The van der Waals surface area contributed by atoms with Gasteiger partial charge in [-0.1, -0.05) is 25.4 Å². The first kappa shape index (κ1) is 29.5. The van der Waals surface area contributed by atoms with Crippen molar-refractivity contribution in [3.8, 4) is 17.1 Å². The van der Waals surface area contributed by atoms with Crippen molar-refractivity contribution in [2.45, 2.75) is 77.5 Å². The Morgan fingerprint density at radius 1 is 1.24 bits per heavy atom. The Kier molecular flexibility index (Phi) is 9.36. The monoisotopic (exact) mass is 568 g/mol. The molecule has 0 bridgehead atoms. The molecule has 1 fully saturated rings. The second-order valence-corrected chi connectivity index (χ2v) is 10.9. The van der Waals surface area contributed by atoms with Crippen LogP contribution in [0.25, 0.3) is 11.3 Å². The van der Waals surface area contributed by atoms with Gasteiger partial charge in [0.2, 0.25) is 5.88 Å². The molecule has 0 aromatic carbocycles. The van der Waals surface area contributed by atoms with Gasteiger partial charge in [-0.25, -0.2) is 4.98 Å². The zero-order valence-electron chi connectivity index (χ0n) is 20.7. The van der Waals surface area contributed by atoms with Crippen molar-refractivity contribution in [1.29, 1.82) is 0 Å². The molecule has 1 aliphatic rings. The Balaban J connectivity index is 1.92. The van der Waals surface area contributed by atoms with Crippen LogP contribution < -0.4 is 10.1 Å². The van der Waals surface area contributed by atoms with Crippen molar-refractivity contribution >= 4 is 30.1 Å². The van der Waals surface area contributed by atoms with Crippen LogP contribution in [-0.2, 0) is 13.0 Å². The van der Waals surface area contributed by atoms with Gasteiger partial charge >= 0.3 is 12.8 Å². The molecule has 0 aliphatic heterocycles. The van der Waals surface area contributed by atoms with Gasteiger partial charge in [-0.3, -0.25) is 9.48 Å². The number of thiol groups is 1. The molecule has 0 unspecified atom stereocenters. The lowest BCUT2D eigenvalue weighted by Gasteiger charge is -2.27.